The van der Waals surface area contributed by atoms with Gasteiger partial charge in [-0.15, -0.1) is 0 Å². The van der Waals surface area contributed by atoms with E-state index in [1.54, 1.807) is 0 Å². The average molecular weight is 515 g/mol. The van der Waals surface area contributed by atoms with Crippen molar-refractivity contribution >= 4 is 66.7 Å². The smallest absolute Gasteiger partial charge is 0.387 e. The number of phosphoric ester groups is 1. The summed E-state index contributed by atoms with van der Waals surface area (Å²) in [6, 6.07) is -1.06. The van der Waals surface area contributed by atoms with Crippen LogP contribution in [0.15, 0.2) is 15.0 Å². The molecule has 32 heavy (non-hydrogen) atoms. The molecule has 0 bridgehead atoms. The minimum atomic E-state index is -5.72. The van der Waals surface area contributed by atoms with Gasteiger partial charge in [-0.05, 0) is 0 Å². The molecular formula is C10H15LiN4O14P3. The molecule has 6 N–H and O–H groups in total. The van der Waals surface area contributed by atoms with Crippen molar-refractivity contribution in [2.45, 2.75) is 30.6 Å². The predicted molar refractivity (Wildman–Crippen MR) is 101 cm³/mol. The van der Waals surface area contributed by atoms with E-state index in [9.17, 15) is 33.6 Å². The van der Waals surface area contributed by atoms with Gasteiger partial charge in [0, 0.05) is 18.9 Å². The number of aliphatic hydroxyl groups is 2. The van der Waals surface area contributed by atoms with Crippen molar-refractivity contribution in [2.24, 2.45) is 15.0 Å². The molecule has 3 heterocycles. The van der Waals surface area contributed by atoms with Crippen LogP contribution >= 0.6 is 23.5 Å². The number of amides is 1. The molecule has 3 aliphatic heterocycles. The molecule has 1 amide bonds. The molecular weight excluding hydrogens is 500 g/mol. The van der Waals surface area contributed by atoms with Gasteiger partial charge in [-0.25, -0.2) is 18.7 Å². The number of amidine groups is 1. The van der Waals surface area contributed by atoms with Crippen molar-refractivity contribution in [3.63, 3.8) is 0 Å². The molecule has 3 aliphatic rings. The van der Waals surface area contributed by atoms with E-state index in [1.165, 1.54) is 0 Å². The summed E-state index contributed by atoms with van der Waals surface area (Å²) in [5.41, 5.74) is 0. The van der Waals surface area contributed by atoms with Crippen LogP contribution in [-0.4, -0.2) is 115 Å². The maximum Gasteiger partial charge on any atom is 0.490 e. The Hall–Kier alpha value is -0.633. The van der Waals surface area contributed by atoms with Gasteiger partial charge in [-0.2, -0.15) is 13.6 Å². The Morgan fingerprint density at radius 2 is 1.72 bits per heavy atom. The van der Waals surface area contributed by atoms with Crippen LogP contribution in [0.5, 0.6) is 0 Å². The first-order valence-corrected chi connectivity index (χ1v) is 12.5. The first kappa shape index (κ1) is 27.6. The molecule has 1 saturated heterocycles. The molecule has 0 aliphatic carbocycles. The van der Waals surface area contributed by atoms with E-state index in [-0.39, 0.29) is 24.7 Å². The fraction of sp³-hybridized carbons (Fsp3) is 0.600. The van der Waals surface area contributed by atoms with Crippen LogP contribution in [0.2, 0.25) is 0 Å². The second-order valence-electron chi connectivity index (χ2n) is 6.08. The van der Waals surface area contributed by atoms with Crippen molar-refractivity contribution in [1.82, 2.24) is 4.90 Å². The number of carbonyl (C=O) groups is 1. The number of phosphoric acid groups is 3. The van der Waals surface area contributed by atoms with Crippen molar-refractivity contribution < 1.29 is 66.2 Å². The quantitative estimate of drug-likeness (QED) is 0.140. The minimum absolute atomic E-state index is 0. The summed E-state index contributed by atoms with van der Waals surface area (Å²) in [6.45, 7) is -0.986. The van der Waals surface area contributed by atoms with Gasteiger partial charge in [0.2, 0.25) is 0 Å². The zero-order valence-corrected chi connectivity index (χ0v) is 18.5. The van der Waals surface area contributed by atoms with Gasteiger partial charge in [0.15, 0.2) is 12.3 Å². The van der Waals surface area contributed by atoms with Crippen molar-refractivity contribution in [3.05, 3.63) is 0 Å². The van der Waals surface area contributed by atoms with E-state index >= 15 is 0 Å². The van der Waals surface area contributed by atoms with Crippen LogP contribution in [0.3, 0.4) is 0 Å². The van der Waals surface area contributed by atoms with E-state index in [1.807, 2.05) is 0 Å². The molecule has 1 fully saturated rings. The molecule has 0 aromatic carbocycles. The van der Waals surface area contributed by atoms with Crippen LogP contribution in [0.1, 0.15) is 0 Å². The Labute approximate surface area is 190 Å². The number of carbonyl (C=O) groups excluding carboxylic acids is 1. The molecule has 1 radical (unpaired) electrons. The Kier molecular flexibility index (Phi) is 8.56. The van der Waals surface area contributed by atoms with E-state index in [2.05, 4.69) is 28.1 Å². The third kappa shape index (κ3) is 6.48. The van der Waals surface area contributed by atoms with Crippen molar-refractivity contribution in [2.75, 3.05) is 6.61 Å². The number of aliphatic hydroxyl groups excluding tert-OH is 2. The summed E-state index contributed by atoms with van der Waals surface area (Å²) in [4.78, 5) is 59.5. The Morgan fingerprint density at radius 1 is 1.06 bits per heavy atom. The molecule has 18 nitrogen and oxygen atoms in total. The number of nitrogens with zero attached hydrogens (tertiary/aromatic N) is 4. The number of fused-ring (bicyclic) bond motifs is 1. The second kappa shape index (κ2) is 9.93. The molecule has 3 rings (SSSR count). The van der Waals surface area contributed by atoms with E-state index < -0.39 is 66.6 Å². The number of aliphatic imine (C=N–C) groups is 3. The van der Waals surface area contributed by atoms with Crippen LogP contribution in [-0.2, 0) is 36.4 Å². The van der Waals surface area contributed by atoms with Gasteiger partial charge in [0.05, 0.1) is 12.9 Å². The first-order valence-electron chi connectivity index (χ1n) is 7.95. The molecule has 175 valence electrons. The largest absolute Gasteiger partial charge is 0.490 e. The van der Waals surface area contributed by atoms with Gasteiger partial charge >= 0.3 is 23.5 Å². The first-order chi connectivity index (χ1) is 14.2. The van der Waals surface area contributed by atoms with Crippen LogP contribution in [0.25, 0.3) is 0 Å². The molecule has 0 aromatic heterocycles. The summed E-state index contributed by atoms with van der Waals surface area (Å²) in [7, 11) is -16.7. The van der Waals surface area contributed by atoms with Crippen molar-refractivity contribution in [1.29, 1.82) is 0 Å². The number of hydrogen-bond acceptors (Lipinski definition) is 13. The summed E-state index contributed by atoms with van der Waals surface area (Å²) >= 11 is 0. The molecule has 0 saturated carbocycles. The fourth-order valence-corrected chi connectivity index (χ4v) is 5.73. The topological polar surface area (TPSA) is 267 Å². The molecule has 0 aromatic rings. The number of hydrogen-bond donors (Lipinski definition) is 6. The summed E-state index contributed by atoms with van der Waals surface area (Å²) in [5.74, 6) is -0.578. The second-order valence-corrected chi connectivity index (χ2v) is 10.5. The normalized spacial score (nSPS) is 33.3. The van der Waals surface area contributed by atoms with Crippen LogP contribution < -0.4 is 0 Å². The van der Waals surface area contributed by atoms with Gasteiger partial charge in [-0.3, -0.25) is 19.2 Å². The Balaban J connectivity index is 0.00000363. The minimum Gasteiger partial charge on any atom is -0.387 e. The van der Waals surface area contributed by atoms with E-state index in [0.29, 0.717) is 0 Å². The van der Waals surface area contributed by atoms with Crippen molar-refractivity contribution in [3.8, 4) is 0 Å². The monoisotopic (exact) mass is 515 g/mol. The maximum atomic E-state index is 11.8. The molecule has 22 heteroatoms. The molecule has 0 spiro atoms. The summed E-state index contributed by atoms with van der Waals surface area (Å²) in [6.07, 6.45) is -4.13. The van der Waals surface area contributed by atoms with Gasteiger partial charge in [0.25, 0.3) is 5.91 Å². The van der Waals surface area contributed by atoms with Gasteiger partial charge < -0.3 is 34.5 Å². The fourth-order valence-electron chi connectivity index (χ4n) is 2.70. The number of ether oxygens (including phenoxy) is 1. The average Bonchev–Trinajstić information content (AvgIpc) is 3.13. The van der Waals surface area contributed by atoms with Crippen LogP contribution in [0, 0.1) is 0 Å². The Bertz CT molecular complexity index is 984. The summed E-state index contributed by atoms with van der Waals surface area (Å²) in [5, 5.41) is 20.3. The SMILES string of the molecule is O=C1N=CN=C2C1N=CN2C1OC(COP(=O)(O)OP(=O)(O)OP(=O)(O)O)C(O)C1O.[Li]. The summed E-state index contributed by atoms with van der Waals surface area (Å²) < 4.78 is 50.5. The van der Waals surface area contributed by atoms with Crippen LogP contribution in [0.4, 0.5) is 0 Å². The third-order valence-electron chi connectivity index (χ3n) is 3.89. The Morgan fingerprint density at radius 3 is 2.34 bits per heavy atom. The van der Waals surface area contributed by atoms with E-state index in [4.69, 9.17) is 19.4 Å². The third-order valence-corrected chi connectivity index (χ3v) is 7.69. The standard InChI is InChI=1S/C10H15N4O14P3.Li/c15-6-4(1-25-30(21,22)28-31(23,24)27-29(18,19)20)26-10(7(6)16)14-3-13-5-8(14)11-2-12-9(5)17;/h2-7,10,15-16H,1H2,(H,21,22)(H,23,24)(H2,18,19,20);. The van der Waals surface area contributed by atoms with Gasteiger partial charge in [0.1, 0.15) is 30.5 Å². The van der Waals surface area contributed by atoms with Gasteiger partial charge in [-0.1, -0.05) is 0 Å². The zero-order chi connectivity index (χ0) is 23.2. The predicted octanol–water partition coefficient (Wildman–Crippen LogP) is -2.92. The molecule has 7 unspecified atom stereocenters. The van der Waals surface area contributed by atoms with E-state index in [0.717, 1.165) is 17.6 Å². The molecule has 7 atom stereocenters. The maximum absolute atomic E-state index is 11.8. The zero-order valence-electron chi connectivity index (χ0n) is 15.8. The number of rotatable bonds is 8.